The van der Waals surface area contributed by atoms with Crippen LogP contribution < -0.4 is 14.9 Å². The maximum Gasteiger partial charge on any atom is 0.308 e. The van der Waals surface area contributed by atoms with Crippen LogP contribution in [0.2, 0.25) is 0 Å². The number of carbonyl (C=O) groups excluding carboxylic acids is 2. The smallest absolute Gasteiger partial charge is 0.308 e. The maximum absolute atomic E-state index is 12.6. The molecule has 0 aliphatic carbocycles. The van der Waals surface area contributed by atoms with Gasteiger partial charge in [0.1, 0.15) is 0 Å². The molecule has 1 heterocycles. The van der Waals surface area contributed by atoms with Gasteiger partial charge in [-0.1, -0.05) is 30.3 Å². The highest BCUT2D eigenvalue weighted by molar-refractivity contribution is 5.95. The Hall–Kier alpha value is -4.65. The molecule has 7 nitrogen and oxygen atoms in total. The molecule has 4 rings (SSSR count). The molecule has 1 aromatic heterocycles. The van der Waals surface area contributed by atoms with Crippen molar-refractivity contribution in [2.75, 3.05) is 7.11 Å². The zero-order chi connectivity index (χ0) is 24.8. The van der Waals surface area contributed by atoms with Gasteiger partial charge < -0.3 is 14.0 Å². The quantitative estimate of drug-likeness (QED) is 0.176. The van der Waals surface area contributed by atoms with Crippen LogP contribution in [0.25, 0.3) is 16.9 Å². The van der Waals surface area contributed by atoms with E-state index < -0.39 is 5.97 Å². The summed E-state index contributed by atoms with van der Waals surface area (Å²) in [5.74, 6) is -0.0640. The summed E-state index contributed by atoms with van der Waals surface area (Å²) in [6, 6.07) is 26.7. The minimum atomic E-state index is -0.439. The number of aromatic nitrogens is 1. The summed E-state index contributed by atoms with van der Waals surface area (Å²) >= 11 is 0. The Balaban J connectivity index is 1.46. The van der Waals surface area contributed by atoms with Crippen LogP contribution in [-0.2, 0) is 4.79 Å². The molecule has 0 atom stereocenters. The topological polar surface area (TPSA) is 81.9 Å². The monoisotopic (exact) mass is 467 g/mol. The largest absolute Gasteiger partial charge is 0.493 e. The number of esters is 1. The molecular formula is C28H25N3O4. The van der Waals surface area contributed by atoms with Gasteiger partial charge in [0.15, 0.2) is 11.5 Å². The van der Waals surface area contributed by atoms with E-state index in [1.807, 2.05) is 30.3 Å². The van der Waals surface area contributed by atoms with Crippen molar-refractivity contribution in [3.63, 3.8) is 0 Å². The zero-order valence-electron chi connectivity index (χ0n) is 19.7. The number of ether oxygens (including phenoxy) is 2. The Morgan fingerprint density at radius 2 is 1.66 bits per heavy atom. The summed E-state index contributed by atoms with van der Waals surface area (Å²) in [4.78, 5) is 23.8. The first-order valence-electron chi connectivity index (χ1n) is 11.0. The standard InChI is InChI=1S/C28H25N3O4/c1-19-9-15-25(22-7-5-4-6-8-22)31(19)24-13-11-23(12-14-24)28(33)30-29-18-21-10-16-26(35-20(2)32)27(17-21)34-3/h4-18H,1-3H3,(H,30,33)/b29-18+. The van der Waals surface area contributed by atoms with Crippen molar-refractivity contribution in [1.29, 1.82) is 0 Å². The van der Waals surface area contributed by atoms with E-state index in [-0.39, 0.29) is 5.91 Å². The molecule has 7 heteroatoms. The van der Waals surface area contributed by atoms with Gasteiger partial charge in [0.25, 0.3) is 5.91 Å². The Labute approximate surface area is 203 Å². The van der Waals surface area contributed by atoms with E-state index in [4.69, 9.17) is 9.47 Å². The first-order valence-corrected chi connectivity index (χ1v) is 11.0. The Kier molecular flexibility index (Phi) is 7.07. The lowest BCUT2D eigenvalue weighted by molar-refractivity contribution is -0.132. The van der Waals surface area contributed by atoms with Crippen molar-refractivity contribution in [3.05, 3.63) is 102 Å². The molecular weight excluding hydrogens is 442 g/mol. The van der Waals surface area contributed by atoms with Gasteiger partial charge in [-0.25, -0.2) is 5.43 Å². The predicted molar refractivity (Wildman–Crippen MR) is 135 cm³/mol. The molecule has 4 aromatic rings. The Morgan fingerprint density at radius 3 is 2.34 bits per heavy atom. The van der Waals surface area contributed by atoms with Crippen LogP contribution in [0.5, 0.6) is 11.5 Å². The number of rotatable bonds is 7. The first kappa shape index (κ1) is 23.5. The summed E-state index contributed by atoms with van der Waals surface area (Å²) in [7, 11) is 1.48. The van der Waals surface area contributed by atoms with Crippen molar-refractivity contribution in [2.24, 2.45) is 5.10 Å². The molecule has 0 saturated heterocycles. The number of amides is 1. The van der Waals surface area contributed by atoms with Gasteiger partial charge in [-0.15, -0.1) is 0 Å². The number of hydrogen-bond acceptors (Lipinski definition) is 5. The molecule has 0 bridgehead atoms. The van der Waals surface area contributed by atoms with Crippen molar-refractivity contribution in [1.82, 2.24) is 9.99 Å². The third kappa shape index (κ3) is 5.47. The molecule has 0 saturated carbocycles. The third-order valence-corrected chi connectivity index (χ3v) is 5.35. The van der Waals surface area contributed by atoms with E-state index >= 15 is 0 Å². The number of benzene rings is 3. The van der Waals surface area contributed by atoms with E-state index in [9.17, 15) is 9.59 Å². The summed E-state index contributed by atoms with van der Waals surface area (Å²) in [5.41, 5.74) is 7.95. The van der Waals surface area contributed by atoms with Crippen LogP contribution in [0.4, 0.5) is 0 Å². The van der Waals surface area contributed by atoms with Gasteiger partial charge in [0.2, 0.25) is 0 Å². The molecule has 3 aromatic carbocycles. The Bertz CT molecular complexity index is 1370. The molecule has 0 fully saturated rings. The van der Waals surface area contributed by atoms with Gasteiger partial charge in [0.05, 0.1) is 19.0 Å². The highest BCUT2D eigenvalue weighted by Gasteiger charge is 2.11. The summed E-state index contributed by atoms with van der Waals surface area (Å²) in [5, 5.41) is 4.03. The number of methoxy groups -OCH3 is 1. The van der Waals surface area contributed by atoms with E-state index in [0.29, 0.717) is 22.6 Å². The fourth-order valence-electron chi connectivity index (χ4n) is 3.71. The molecule has 1 N–H and O–H groups in total. The fourth-order valence-corrected chi connectivity index (χ4v) is 3.71. The molecule has 35 heavy (non-hydrogen) atoms. The van der Waals surface area contributed by atoms with Crippen molar-refractivity contribution in [2.45, 2.75) is 13.8 Å². The number of hydrazone groups is 1. The lowest BCUT2D eigenvalue weighted by Gasteiger charge is -2.12. The Morgan fingerprint density at radius 1 is 0.914 bits per heavy atom. The van der Waals surface area contributed by atoms with E-state index in [2.05, 4.69) is 46.3 Å². The first-order chi connectivity index (χ1) is 17.0. The van der Waals surface area contributed by atoms with Crippen LogP contribution in [0, 0.1) is 6.92 Å². The van der Waals surface area contributed by atoms with Crippen LogP contribution in [0.15, 0.2) is 90.0 Å². The number of carbonyl (C=O) groups is 2. The number of hydrogen-bond donors (Lipinski definition) is 1. The summed E-state index contributed by atoms with van der Waals surface area (Å²) < 4.78 is 12.5. The predicted octanol–water partition coefficient (Wildman–Crippen LogP) is 5.15. The van der Waals surface area contributed by atoms with Crippen LogP contribution in [0.3, 0.4) is 0 Å². The summed E-state index contributed by atoms with van der Waals surface area (Å²) in [6.45, 7) is 3.37. The number of nitrogens with one attached hydrogen (secondary N) is 1. The molecule has 0 spiro atoms. The van der Waals surface area contributed by atoms with Gasteiger partial charge in [-0.3, -0.25) is 9.59 Å². The van der Waals surface area contributed by atoms with Gasteiger partial charge in [-0.2, -0.15) is 5.10 Å². The molecule has 0 unspecified atom stereocenters. The SMILES string of the molecule is COc1cc(/C=N/NC(=O)c2ccc(-n3c(C)ccc3-c3ccccc3)cc2)ccc1OC(C)=O. The van der Waals surface area contributed by atoms with Crippen molar-refractivity contribution >= 4 is 18.1 Å². The van der Waals surface area contributed by atoms with Crippen LogP contribution in [0.1, 0.15) is 28.5 Å². The van der Waals surface area contributed by atoms with Gasteiger partial charge in [0, 0.05) is 23.9 Å². The van der Waals surface area contributed by atoms with Crippen LogP contribution in [-0.4, -0.2) is 29.8 Å². The van der Waals surface area contributed by atoms with E-state index in [1.165, 1.54) is 20.2 Å². The molecule has 0 aliphatic rings. The molecule has 1 amide bonds. The third-order valence-electron chi connectivity index (χ3n) is 5.35. The lowest BCUT2D eigenvalue weighted by Crippen LogP contribution is -2.17. The second-order valence-corrected chi connectivity index (χ2v) is 7.81. The second-order valence-electron chi connectivity index (χ2n) is 7.81. The lowest BCUT2D eigenvalue weighted by atomic mass is 10.1. The normalized spacial score (nSPS) is 10.8. The van der Waals surface area contributed by atoms with Gasteiger partial charge in [-0.05, 0) is 72.6 Å². The van der Waals surface area contributed by atoms with E-state index in [1.54, 1.807) is 30.3 Å². The highest BCUT2D eigenvalue weighted by Crippen LogP contribution is 2.28. The highest BCUT2D eigenvalue weighted by atomic mass is 16.6. The minimum absolute atomic E-state index is 0.314. The molecule has 0 radical (unpaired) electrons. The minimum Gasteiger partial charge on any atom is -0.493 e. The number of nitrogens with zero attached hydrogens (tertiary/aromatic N) is 2. The average molecular weight is 468 g/mol. The van der Waals surface area contributed by atoms with Crippen molar-refractivity contribution in [3.8, 4) is 28.4 Å². The fraction of sp³-hybridized carbons (Fsp3) is 0.107. The molecule has 0 aliphatic heterocycles. The zero-order valence-corrected chi connectivity index (χ0v) is 19.7. The van der Waals surface area contributed by atoms with Gasteiger partial charge >= 0.3 is 5.97 Å². The van der Waals surface area contributed by atoms with Crippen LogP contribution >= 0.6 is 0 Å². The molecule has 176 valence electrons. The second kappa shape index (κ2) is 10.5. The van der Waals surface area contributed by atoms with E-state index in [0.717, 1.165) is 22.6 Å². The van der Waals surface area contributed by atoms with Crippen molar-refractivity contribution < 1.29 is 19.1 Å². The average Bonchev–Trinajstić information content (AvgIpc) is 3.26. The summed E-state index contributed by atoms with van der Waals surface area (Å²) in [6.07, 6.45) is 1.49. The maximum atomic E-state index is 12.6. The number of aryl methyl sites for hydroxylation is 1.